The summed E-state index contributed by atoms with van der Waals surface area (Å²) in [4.78, 5) is 2.18. The normalized spacial score (nSPS) is 26.9. The van der Waals surface area contributed by atoms with Gasteiger partial charge >= 0.3 is 0 Å². The van der Waals surface area contributed by atoms with Gasteiger partial charge in [0, 0.05) is 32.7 Å². The molecule has 2 aliphatic heterocycles. The molecule has 0 aromatic heterocycles. The lowest BCUT2D eigenvalue weighted by Gasteiger charge is -2.31. The SMILES string of the molecule is CN1CCCN(S(=O)(=O)N2CCOCC2)CC1. The van der Waals surface area contributed by atoms with E-state index in [0.29, 0.717) is 39.4 Å². The first-order chi connectivity index (χ1) is 8.10. The zero-order valence-electron chi connectivity index (χ0n) is 10.3. The van der Waals surface area contributed by atoms with Gasteiger partial charge in [-0.2, -0.15) is 17.0 Å². The average Bonchev–Trinajstić information content (AvgIpc) is 2.55. The molecule has 0 aromatic rings. The Morgan fingerprint density at radius 1 is 0.882 bits per heavy atom. The largest absolute Gasteiger partial charge is 0.379 e. The number of ether oxygens (including phenoxy) is 1. The van der Waals surface area contributed by atoms with Gasteiger partial charge in [-0.05, 0) is 20.0 Å². The van der Waals surface area contributed by atoms with E-state index in [1.54, 1.807) is 8.61 Å². The van der Waals surface area contributed by atoms with Gasteiger partial charge in [0.05, 0.1) is 13.2 Å². The van der Waals surface area contributed by atoms with E-state index in [-0.39, 0.29) is 0 Å². The van der Waals surface area contributed by atoms with Crippen LogP contribution in [0.1, 0.15) is 6.42 Å². The first-order valence-electron chi connectivity index (χ1n) is 6.12. The van der Waals surface area contributed by atoms with Crippen molar-refractivity contribution in [3.05, 3.63) is 0 Å². The molecule has 2 fully saturated rings. The maximum absolute atomic E-state index is 12.4. The van der Waals surface area contributed by atoms with Crippen molar-refractivity contribution in [2.45, 2.75) is 6.42 Å². The Kier molecular flexibility index (Phi) is 4.37. The smallest absolute Gasteiger partial charge is 0.282 e. The monoisotopic (exact) mass is 263 g/mol. The molecule has 0 aliphatic carbocycles. The Labute approximate surface area is 103 Å². The number of hydrogen-bond acceptors (Lipinski definition) is 4. The lowest BCUT2D eigenvalue weighted by Crippen LogP contribution is -2.49. The fraction of sp³-hybridized carbons (Fsp3) is 1.00. The standard InChI is InChI=1S/C10H21N3O3S/c1-11-3-2-4-12(6-5-11)17(14,15)13-7-9-16-10-8-13/h2-10H2,1H3. The molecule has 17 heavy (non-hydrogen) atoms. The Balaban J connectivity index is 2.03. The highest BCUT2D eigenvalue weighted by molar-refractivity contribution is 7.86. The topological polar surface area (TPSA) is 53.1 Å². The van der Waals surface area contributed by atoms with Crippen LogP contribution in [0.3, 0.4) is 0 Å². The fourth-order valence-corrected chi connectivity index (χ4v) is 3.80. The molecule has 0 aromatic carbocycles. The minimum Gasteiger partial charge on any atom is -0.379 e. The molecule has 2 rings (SSSR count). The maximum atomic E-state index is 12.4. The maximum Gasteiger partial charge on any atom is 0.282 e. The van der Waals surface area contributed by atoms with Crippen LogP contribution in [0, 0.1) is 0 Å². The second kappa shape index (κ2) is 5.62. The summed E-state index contributed by atoms with van der Waals surface area (Å²) >= 11 is 0. The van der Waals surface area contributed by atoms with E-state index in [9.17, 15) is 8.42 Å². The van der Waals surface area contributed by atoms with Gasteiger partial charge in [-0.3, -0.25) is 0 Å². The van der Waals surface area contributed by atoms with Gasteiger partial charge in [0.2, 0.25) is 0 Å². The molecule has 2 heterocycles. The summed E-state index contributed by atoms with van der Waals surface area (Å²) in [5.74, 6) is 0. The first kappa shape index (κ1) is 13.2. The van der Waals surface area contributed by atoms with E-state index in [1.165, 1.54) is 0 Å². The van der Waals surface area contributed by atoms with Crippen LogP contribution in [0.2, 0.25) is 0 Å². The molecule has 6 nitrogen and oxygen atoms in total. The number of likely N-dealkylation sites (N-methyl/N-ethyl adjacent to an activating group) is 1. The predicted octanol–water partition coefficient (Wildman–Crippen LogP) is -0.799. The summed E-state index contributed by atoms with van der Waals surface area (Å²) in [6, 6.07) is 0. The van der Waals surface area contributed by atoms with Gasteiger partial charge in [-0.25, -0.2) is 0 Å². The zero-order valence-corrected chi connectivity index (χ0v) is 11.2. The molecule has 0 amide bonds. The quantitative estimate of drug-likeness (QED) is 0.654. The molecule has 2 aliphatic rings. The molecule has 0 bridgehead atoms. The van der Waals surface area contributed by atoms with Gasteiger partial charge in [0.25, 0.3) is 10.2 Å². The van der Waals surface area contributed by atoms with Crippen molar-refractivity contribution in [3.63, 3.8) is 0 Å². The van der Waals surface area contributed by atoms with Crippen LogP contribution in [-0.4, -0.2) is 81.5 Å². The van der Waals surface area contributed by atoms with Gasteiger partial charge in [0.1, 0.15) is 0 Å². The summed E-state index contributed by atoms with van der Waals surface area (Å²) in [5, 5.41) is 0. The summed E-state index contributed by atoms with van der Waals surface area (Å²) in [6.07, 6.45) is 0.903. The second-order valence-electron chi connectivity index (χ2n) is 4.58. The molecule has 0 radical (unpaired) electrons. The molecular formula is C10H21N3O3S. The summed E-state index contributed by atoms with van der Waals surface area (Å²) < 4.78 is 33.1. The molecule has 0 atom stereocenters. The zero-order chi connectivity index (χ0) is 12.3. The Bertz CT molecular complexity index is 341. The Morgan fingerprint density at radius 3 is 2.24 bits per heavy atom. The third kappa shape index (κ3) is 3.17. The Hall–Kier alpha value is -0.210. The highest BCUT2D eigenvalue weighted by atomic mass is 32.2. The van der Waals surface area contributed by atoms with Crippen LogP contribution >= 0.6 is 0 Å². The van der Waals surface area contributed by atoms with Crippen molar-refractivity contribution in [1.82, 2.24) is 13.5 Å². The van der Waals surface area contributed by atoms with Crippen molar-refractivity contribution < 1.29 is 13.2 Å². The van der Waals surface area contributed by atoms with Gasteiger partial charge < -0.3 is 9.64 Å². The summed E-state index contributed by atoms with van der Waals surface area (Å²) in [6.45, 7) is 4.97. The third-order valence-corrected chi connectivity index (χ3v) is 5.34. The third-order valence-electron chi connectivity index (χ3n) is 3.30. The van der Waals surface area contributed by atoms with E-state index >= 15 is 0 Å². The van der Waals surface area contributed by atoms with Gasteiger partial charge in [-0.1, -0.05) is 0 Å². The van der Waals surface area contributed by atoms with E-state index in [4.69, 9.17) is 4.74 Å². The summed E-state index contributed by atoms with van der Waals surface area (Å²) in [7, 11) is -1.24. The summed E-state index contributed by atoms with van der Waals surface area (Å²) in [5.41, 5.74) is 0. The number of nitrogens with zero attached hydrogens (tertiary/aromatic N) is 3. The van der Waals surface area contributed by atoms with Crippen molar-refractivity contribution in [1.29, 1.82) is 0 Å². The Morgan fingerprint density at radius 2 is 1.53 bits per heavy atom. The van der Waals surface area contributed by atoms with Crippen LogP contribution in [0.25, 0.3) is 0 Å². The molecule has 0 spiro atoms. The van der Waals surface area contributed by atoms with Crippen molar-refractivity contribution in [2.24, 2.45) is 0 Å². The van der Waals surface area contributed by atoms with Crippen molar-refractivity contribution in [2.75, 3.05) is 59.5 Å². The van der Waals surface area contributed by atoms with Crippen LogP contribution in [0.5, 0.6) is 0 Å². The van der Waals surface area contributed by atoms with Gasteiger partial charge in [-0.15, -0.1) is 0 Å². The van der Waals surface area contributed by atoms with Crippen molar-refractivity contribution >= 4 is 10.2 Å². The van der Waals surface area contributed by atoms with E-state index < -0.39 is 10.2 Å². The van der Waals surface area contributed by atoms with Gasteiger partial charge in [0.15, 0.2) is 0 Å². The minimum absolute atomic E-state index is 0.481. The van der Waals surface area contributed by atoms with E-state index in [1.807, 2.05) is 7.05 Å². The number of rotatable bonds is 2. The first-order valence-corrected chi connectivity index (χ1v) is 7.52. The fourth-order valence-electron chi connectivity index (χ4n) is 2.19. The number of morpholine rings is 1. The second-order valence-corrected chi connectivity index (χ2v) is 6.50. The van der Waals surface area contributed by atoms with Crippen LogP contribution in [-0.2, 0) is 14.9 Å². The van der Waals surface area contributed by atoms with Crippen molar-refractivity contribution in [3.8, 4) is 0 Å². The van der Waals surface area contributed by atoms with E-state index in [2.05, 4.69) is 4.90 Å². The molecule has 7 heteroatoms. The molecule has 100 valence electrons. The lowest BCUT2D eigenvalue weighted by atomic mass is 10.4. The average molecular weight is 263 g/mol. The predicted molar refractivity (Wildman–Crippen MR) is 65.0 cm³/mol. The van der Waals surface area contributed by atoms with Crippen LogP contribution in [0.4, 0.5) is 0 Å². The van der Waals surface area contributed by atoms with Crippen LogP contribution in [0.15, 0.2) is 0 Å². The molecule has 0 unspecified atom stereocenters. The molecule has 2 saturated heterocycles. The molecule has 0 N–H and O–H groups in total. The minimum atomic E-state index is -3.27. The molecular weight excluding hydrogens is 242 g/mol. The van der Waals surface area contributed by atoms with Crippen LogP contribution < -0.4 is 0 Å². The number of hydrogen-bond donors (Lipinski definition) is 0. The molecule has 0 saturated carbocycles. The lowest BCUT2D eigenvalue weighted by molar-refractivity contribution is 0.0702. The van der Waals surface area contributed by atoms with E-state index in [0.717, 1.165) is 19.5 Å². The highest BCUT2D eigenvalue weighted by Crippen LogP contribution is 2.13. The highest BCUT2D eigenvalue weighted by Gasteiger charge is 2.31.